The van der Waals surface area contributed by atoms with E-state index in [2.05, 4.69) is 36.5 Å². The zero-order chi connectivity index (χ0) is 17.8. The van der Waals surface area contributed by atoms with Gasteiger partial charge in [0.05, 0.1) is 17.0 Å². The minimum Gasteiger partial charge on any atom is -0.459 e. The molecular weight excluding hydrogens is 340 g/mol. The molecule has 0 saturated heterocycles. The molecule has 3 rings (SSSR count). The minimum atomic E-state index is -0.459. The van der Waals surface area contributed by atoms with Crippen molar-refractivity contribution in [3.05, 3.63) is 86.6 Å². The molecular formula is C19H17ClN2O3. The maximum absolute atomic E-state index is 11.2. The Morgan fingerprint density at radius 3 is 2.56 bits per heavy atom. The Kier molecular flexibility index (Phi) is 5.16. The molecule has 0 saturated carbocycles. The van der Waals surface area contributed by atoms with Gasteiger partial charge in [-0.15, -0.1) is 0 Å². The van der Waals surface area contributed by atoms with E-state index in [0.717, 1.165) is 6.54 Å². The first-order valence-corrected chi connectivity index (χ1v) is 8.20. The standard InChI is InChI=1S/C19H17ClN2O3/c1-13-2-4-14(5-3-13)11-21-12-16-7-9-19(25-16)17-8-6-15(20)10-18(17)22(23)24/h2-10,21H,11-12H2,1H3. The number of nitrogens with one attached hydrogen (secondary N) is 1. The van der Waals surface area contributed by atoms with Gasteiger partial charge in [0.2, 0.25) is 0 Å². The van der Waals surface area contributed by atoms with Gasteiger partial charge in [0.25, 0.3) is 5.69 Å². The van der Waals surface area contributed by atoms with Crippen molar-refractivity contribution in [2.75, 3.05) is 0 Å². The summed E-state index contributed by atoms with van der Waals surface area (Å²) < 4.78 is 5.75. The topological polar surface area (TPSA) is 68.3 Å². The zero-order valence-electron chi connectivity index (χ0n) is 13.7. The summed E-state index contributed by atoms with van der Waals surface area (Å²) in [5.74, 6) is 1.17. The normalized spacial score (nSPS) is 10.8. The first kappa shape index (κ1) is 17.2. The Labute approximate surface area is 150 Å². The van der Waals surface area contributed by atoms with E-state index in [-0.39, 0.29) is 5.69 Å². The molecule has 0 unspecified atom stereocenters. The van der Waals surface area contributed by atoms with Crippen molar-refractivity contribution in [1.82, 2.24) is 5.32 Å². The van der Waals surface area contributed by atoms with Crippen molar-refractivity contribution < 1.29 is 9.34 Å². The molecule has 1 N–H and O–H groups in total. The SMILES string of the molecule is Cc1ccc(CNCc2ccc(-c3ccc(Cl)cc3[N+](=O)[O-])o2)cc1. The van der Waals surface area contributed by atoms with E-state index in [4.69, 9.17) is 16.0 Å². The monoisotopic (exact) mass is 356 g/mol. The van der Waals surface area contributed by atoms with Gasteiger partial charge in [-0.25, -0.2) is 0 Å². The molecule has 0 aliphatic heterocycles. The number of furan rings is 1. The Bertz CT molecular complexity index is 888. The fourth-order valence-electron chi connectivity index (χ4n) is 2.52. The molecule has 2 aromatic carbocycles. The summed E-state index contributed by atoms with van der Waals surface area (Å²) >= 11 is 5.84. The number of nitrogens with zero attached hydrogens (tertiary/aromatic N) is 1. The molecule has 0 aliphatic carbocycles. The third kappa shape index (κ3) is 4.26. The maximum Gasteiger partial charge on any atom is 0.281 e. The first-order valence-electron chi connectivity index (χ1n) is 7.82. The van der Waals surface area contributed by atoms with Crippen LogP contribution in [0.5, 0.6) is 0 Å². The fourth-order valence-corrected chi connectivity index (χ4v) is 2.68. The zero-order valence-corrected chi connectivity index (χ0v) is 14.4. The van der Waals surface area contributed by atoms with E-state index >= 15 is 0 Å². The summed E-state index contributed by atoms with van der Waals surface area (Å²) in [5.41, 5.74) is 2.76. The van der Waals surface area contributed by atoms with Gasteiger partial charge in [-0.2, -0.15) is 0 Å². The van der Waals surface area contributed by atoms with E-state index in [9.17, 15) is 10.1 Å². The van der Waals surface area contributed by atoms with Crippen LogP contribution >= 0.6 is 11.6 Å². The van der Waals surface area contributed by atoms with Gasteiger partial charge < -0.3 is 9.73 Å². The second kappa shape index (κ2) is 7.51. The van der Waals surface area contributed by atoms with Crippen LogP contribution < -0.4 is 5.32 Å². The van der Waals surface area contributed by atoms with Gasteiger partial charge in [0.15, 0.2) is 0 Å². The van der Waals surface area contributed by atoms with Crippen molar-refractivity contribution in [3.8, 4) is 11.3 Å². The molecule has 0 bridgehead atoms. The Morgan fingerprint density at radius 2 is 1.84 bits per heavy atom. The molecule has 3 aromatic rings. The predicted molar refractivity (Wildman–Crippen MR) is 97.5 cm³/mol. The summed E-state index contributed by atoms with van der Waals surface area (Å²) in [6.07, 6.45) is 0. The van der Waals surface area contributed by atoms with E-state index in [1.807, 2.05) is 6.07 Å². The minimum absolute atomic E-state index is 0.0685. The van der Waals surface area contributed by atoms with Crippen LogP contribution in [0.1, 0.15) is 16.9 Å². The average Bonchev–Trinajstić information content (AvgIpc) is 3.05. The van der Waals surface area contributed by atoms with Crippen LogP contribution in [0, 0.1) is 17.0 Å². The molecule has 25 heavy (non-hydrogen) atoms. The summed E-state index contributed by atoms with van der Waals surface area (Å²) in [6.45, 7) is 3.31. The van der Waals surface area contributed by atoms with Crippen molar-refractivity contribution in [1.29, 1.82) is 0 Å². The largest absolute Gasteiger partial charge is 0.459 e. The van der Waals surface area contributed by atoms with Gasteiger partial charge in [-0.05, 0) is 36.8 Å². The van der Waals surface area contributed by atoms with E-state index in [1.165, 1.54) is 17.2 Å². The molecule has 0 atom stereocenters. The Morgan fingerprint density at radius 1 is 1.08 bits per heavy atom. The van der Waals surface area contributed by atoms with Crippen LogP contribution in [0.3, 0.4) is 0 Å². The molecule has 0 aliphatic rings. The Balaban J connectivity index is 1.68. The van der Waals surface area contributed by atoms with Gasteiger partial charge in [-0.3, -0.25) is 10.1 Å². The molecule has 1 aromatic heterocycles. The highest BCUT2D eigenvalue weighted by Crippen LogP contribution is 2.33. The summed E-state index contributed by atoms with van der Waals surface area (Å²) in [6, 6.07) is 16.4. The highest BCUT2D eigenvalue weighted by Gasteiger charge is 2.18. The highest BCUT2D eigenvalue weighted by molar-refractivity contribution is 6.30. The van der Waals surface area contributed by atoms with Gasteiger partial charge >= 0.3 is 0 Å². The number of rotatable bonds is 6. The smallest absolute Gasteiger partial charge is 0.281 e. The number of halogens is 1. The van der Waals surface area contributed by atoms with Crippen LogP contribution in [0.4, 0.5) is 5.69 Å². The quantitative estimate of drug-likeness (QED) is 0.492. The van der Waals surface area contributed by atoms with Gasteiger partial charge in [0, 0.05) is 17.6 Å². The molecule has 1 heterocycles. The second-order valence-corrected chi connectivity index (χ2v) is 6.21. The number of benzene rings is 2. The highest BCUT2D eigenvalue weighted by atomic mass is 35.5. The van der Waals surface area contributed by atoms with Crippen molar-refractivity contribution >= 4 is 17.3 Å². The molecule has 0 fully saturated rings. The fraction of sp³-hybridized carbons (Fsp3) is 0.158. The van der Waals surface area contributed by atoms with Crippen molar-refractivity contribution in [2.24, 2.45) is 0 Å². The molecule has 6 heteroatoms. The van der Waals surface area contributed by atoms with Crippen molar-refractivity contribution in [3.63, 3.8) is 0 Å². The van der Waals surface area contributed by atoms with Gasteiger partial charge in [-0.1, -0.05) is 41.4 Å². The van der Waals surface area contributed by atoms with E-state index in [1.54, 1.807) is 18.2 Å². The summed E-state index contributed by atoms with van der Waals surface area (Å²) in [4.78, 5) is 10.7. The number of hydrogen-bond donors (Lipinski definition) is 1. The second-order valence-electron chi connectivity index (χ2n) is 5.77. The molecule has 128 valence electrons. The average molecular weight is 357 g/mol. The van der Waals surface area contributed by atoms with Crippen molar-refractivity contribution in [2.45, 2.75) is 20.0 Å². The van der Waals surface area contributed by atoms with Crippen LogP contribution in [0.15, 0.2) is 59.0 Å². The lowest BCUT2D eigenvalue weighted by molar-refractivity contribution is -0.384. The van der Waals surface area contributed by atoms with Gasteiger partial charge in [0.1, 0.15) is 11.5 Å². The lowest BCUT2D eigenvalue weighted by Crippen LogP contribution is -2.11. The van der Waals surface area contributed by atoms with Crippen LogP contribution in [-0.4, -0.2) is 4.92 Å². The van der Waals surface area contributed by atoms with Crippen LogP contribution in [0.2, 0.25) is 5.02 Å². The predicted octanol–water partition coefficient (Wildman–Crippen LogP) is 5.11. The van der Waals surface area contributed by atoms with Crippen LogP contribution in [-0.2, 0) is 13.1 Å². The van der Waals surface area contributed by atoms with E-state index in [0.29, 0.717) is 28.7 Å². The van der Waals surface area contributed by atoms with Crippen LogP contribution in [0.25, 0.3) is 11.3 Å². The lowest BCUT2D eigenvalue weighted by atomic mass is 10.1. The Hall–Kier alpha value is -2.63. The third-order valence-electron chi connectivity index (χ3n) is 3.83. The molecule has 0 radical (unpaired) electrons. The number of aryl methyl sites for hydroxylation is 1. The van der Waals surface area contributed by atoms with E-state index < -0.39 is 4.92 Å². The number of nitro groups is 1. The molecule has 0 spiro atoms. The lowest BCUT2D eigenvalue weighted by Gasteiger charge is -2.04. The molecule has 0 amide bonds. The summed E-state index contributed by atoms with van der Waals surface area (Å²) in [5, 5.41) is 14.8. The molecule has 5 nitrogen and oxygen atoms in total. The third-order valence-corrected chi connectivity index (χ3v) is 4.07. The number of nitro benzene ring substituents is 1. The summed E-state index contributed by atoms with van der Waals surface area (Å²) in [7, 11) is 0. The maximum atomic E-state index is 11.2. The first-order chi connectivity index (χ1) is 12.0. The number of hydrogen-bond acceptors (Lipinski definition) is 4.